The molecule has 0 radical (unpaired) electrons. The van der Waals surface area contributed by atoms with Gasteiger partial charge in [-0.1, -0.05) is 0 Å². The van der Waals surface area contributed by atoms with Crippen LogP contribution in [0, 0.1) is 5.82 Å². The first kappa shape index (κ1) is 20.5. The van der Waals surface area contributed by atoms with Gasteiger partial charge in [0.05, 0.1) is 12.6 Å². The fraction of sp³-hybridized carbons (Fsp3) is 0.562. The van der Waals surface area contributed by atoms with Gasteiger partial charge in [-0.3, -0.25) is 0 Å². The molecular formula is C16H25FN2O4S. The first-order chi connectivity index (χ1) is 11.0. The number of halogens is 1. The fourth-order valence-corrected chi connectivity index (χ4v) is 2.66. The van der Waals surface area contributed by atoms with E-state index in [1.807, 2.05) is 20.8 Å². The lowest BCUT2D eigenvalue weighted by Gasteiger charge is -2.27. The van der Waals surface area contributed by atoms with Crippen LogP contribution in [0.1, 0.15) is 46.2 Å². The summed E-state index contributed by atoms with van der Waals surface area (Å²) in [5.41, 5.74) is 0.523. The van der Waals surface area contributed by atoms with E-state index in [4.69, 9.17) is 9.84 Å². The summed E-state index contributed by atoms with van der Waals surface area (Å²) < 4.78 is 34.0. The minimum absolute atomic E-state index is 0.0991. The molecule has 0 heterocycles. The summed E-state index contributed by atoms with van der Waals surface area (Å²) >= 11 is -1.32. The average Bonchev–Trinajstić information content (AvgIpc) is 2.45. The van der Waals surface area contributed by atoms with Crippen LogP contribution in [0.25, 0.3) is 0 Å². The van der Waals surface area contributed by atoms with Crippen LogP contribution in [0.5, 0.6) is 5.75 Å². The van der Waals surface area contributed by atoms with Gasteiger partial charge < -0.3 is 19.7 Å². The molecular weight excluding hydrogens is 335 g/mol. The Morgan fingerprint density at radius 3 is 2.58 bits per heavy atom. The van der Waals surface area contributed by atoms with E-state index in [0.717, 1.165) is 0 Å². The van der Waals surface area contributed by atoms with Crippen molar-refractivity contribution in [3.05, 3.63) is 29.6 Å². The summed E-state index contributed by atoms with van der Waals surface area (Å²) in [6.45, 7) is 9.09. The van der Waals surface area contributed by atoms with Crippen LogP contribution >= 0.6 is 0 Å². The van der Waals surface area contributed by atoms with E-state index < -0.39 is 40.2 Å². The van der Waals surface area contributed by atoms with Gasteiger partial charge in [-0.25, -0.2) is 9.18 Å². The Balaban J connectivity index is 2.89. The van der Waals surface area contributed by atoms with Gasteiger partial charge in [-0.2, -0.15) is 0 Å². The summed E-state index contributed by atoms with van der Waals surface area (Å²) in [5, 5.41) is 10.9. The second-order valence-electron chi connectivity index (χ2n) is 6.52. The molecule has 1 rings (SSSR count). The maximum absolute atomic E-state index is 13.6. The Morgan fingerprint density at radius 2 is 2.04 bits per heavy atom. The van der Waals surface area contributed by atoms with Crippen LogP contribution < -0.4 is 14.8 Å². The van der Waals surface area contributed by atoms with Crippen molar-refractivity contribution >= 4 is 17.5 Å². The molecule has 24 heavy (non-hydrogen) atoms. The first-order valence-corrected chi connectivity index (χ1v) is 8.76. The molecule has 0 saturated heterocycles. The van der Waals surface area contributed by atoms with Gasteiger partial charge in [-0.05, 0) is 52.8 Å². The third kappa shape index (κ3) is 6.54. The van der Waals surface area contributed by atoms with Crippen molar-refractivity contribution in [1.29, 1.82) is 0 Å². The van der Waals surface area contributed by atoms with Crippen LogP contribution in [0.2, 0.25) is 0 Å². The van der Waals surface area contributed by atoms with Crippen LogP contribution in [0.15, 0.2) is 18.2 Å². The summed E-state index contributed by atoms with van der Waals surface area (Å²) in [6.07, 6.45) is -1.58. The Morgan fingerprint density at radius 1 is 1.42 bits per heavy atom. The standard InChI is InChI=1S/C16H25FN2O4S/c1-10(9-18-15(20)21)23-14-7-6-12(17)8-13(14)11(2)19-24(22)16(3,4)5/h6-8,10-11,18-19H,9H2,1-5H3,(H,20,21)/t10?,11-,24-/m1/s1. The number of hydrogen-bond acceptors (Lipinski definition) is 4. The third-order valence-corrected chi connectivity index (χ3v) is 4.83. The third-order valence-electron chi connectivity index (χ3n) is 3.15. The summed E-state index contributed by atoms with van der Waals surface area (Å²) in [5.74, 6) is -0.00847. The smallest absolute Gasteiger partial charge is 0.404 e. The van der Waals surface area contributed by atoms with E-state index in [1.165, 1.54) is 18.2 Å². The van der Waals surface area contributed by atoms with Crippen molar-refractivity contribution in [2.75, 3.05) is 6.54 Å². The molecule has 1 aromatic carbocycles. The lowest BCUT2D eigenvalue weighted by atomic mass is 10.1. The first-order valence-electron chi connectivity index (χ1n) is 7.61. The van der Waals surface area contributed by atoms with Gasteiger partial charge in [0.25, 0.3) is 0 Å². The molecule has 136 valence electrons. The molecule has 0 aromatic heterocycles. The van der Waals surface area contributed by atoms with Gasteiger partial charge >= 0.3 is 6.09 Å². The van der Waals surface area contributed by atoms with Crippen molar-refractivity contribution in [3.8, 4) is 5.75 Å². The highest BCUT2D eigenvalue weighted by Crippen LogP contribution is 2.29. The molecule has 0 fully saturated rings. The molecule has 3 N–H and O–H groups in total. The van der Waals surface area contributed by atoms with Crippen LogP contribution in [-0.2, 0) is 11.4 Å². The zero-order valence-electron chi connectivity index (χ0n) is 14.6. The summed E-state index contributed by atoms with van der Waals surface area (Å²) in [6, 6.07) is 3.67. The summed E-state index contributed by atoms with van der Waals surface area (Å²) in [7, 11) is 0. The normalized spacial score (nSPS) is 15.5. The highest BCUT2D eigenvalue weighted by atomic mass is 32.2. The number of benzene rings is 1. The second kappa shape index (κ2) is 8.55. The van der Waals surface area contributed by atoms with Crippen molar-refractivity contribution in [3.63, 3.8) is 0 Å². The predicted octanol–water partition coefficient (Wildman–Crippen LogP) is 2.97. The van der Waals surface area contributed by atoms with Gasteiger partial charge in [-0.15, -0.1) is 4.72 Å². The van der Waals surface area contributed by atoms with Crippen molar-refractivity contribution in [2.45, 2.75) is 51.5 Å². The Hall–Kier alpha value is -1.51. The largest absolute Gasteiger partial charge is 0.598 e. The Kier molecular flexibility index (Phi) is 7.31. The number of carbonyl (C=O) groups is 1. The number of ether oxygens (including phenoxy) is 1. The van der Waals surface area contributed by atoms with E-state index in [1.54, 1.807) is 13.8 Å². The predicted molar refractivity (Wildman–Crippen MR) is 92.0 cm³/mol. The van der Waals surface area contributed by atoms with Gasteiger partial charge in [0, 0.05) is 16.9 Å². The van der Waals surface area contributed by atoms with Crippen molar-refractivity contribution in [2.24, 2.45) is 0 Å². The average molecular weight is 360 g/mol. The molecule has 1 aromatic rings. The van der Waals surface area contributed by atoms with E-state index in [2.05, 4.69) is 10.0 Å². The topological polar surface area (TPSA) is 93.7 Å². The van der Waals surface area contributed by atoms with Crippen LogP contribution in [-0.4, -0.2) is 33.1 Å². The Labute approximate surface area is 145 Å². The van der Waals surface area contributed by atoms with Crippen LogP contribution in [0.4, 0.5) is 9.18 Å². The maximum Gasteiger partial charge on any atom is 0.404 e. The second-order valence-corrected chi connectivity index (χ2v) is 8.52. The van der Waals surface area contributed by atoms with Crippen molar-refractivity contribution in [1.82, 2.24) is 10.0 Å². The van der Waals surface area contributed by atoms with Gasteiger partial charge in [0.15, 0.2) is 0 Å². The SMILES string of the molecule is CC(CNC(=O)O)Oc1ccc(F)cc1[C@@H](C)N[S@+]([O-])C(C)(C)C. The molecule has 0 bridgehead atoms. The van der Waals surface area contributed by atoms with Crippen LogP contribution in [0.3, 0.4) is 0 Å². The molecule has 1 amide bonds. The fourth-order valence-electron chi connectivity index (χ4n) is 1.86. The van der Waals surface area contributed by atoms with Gasteiger partial charge in [0.1, 0.15) is 22.4 Å². The summed E-state index contributed by atoms with van der Waals surface area (Å²) in [4.78, 5) is 10.5. The number of rotatable bonds is 7. The number of amides is 1. The molecule has 8 heteroatoms. The molecule has 0 aliphatic heterocycles. The molecule has 6 nitrogen and oxygen atoms in total. The molecule has 3 atom stereocenters. The van der Waals surface area contributed by atoms with E-state index in [0.29, 0.717) is 11.3 Å². The van der Waals surface area contributed by atoms with E-state index in [9.17, 15) is 13.7 Å². The Bertz CT molecular complexity index is 565. The number of hydrogen-bond donors (Lipinski definition) is 3. The highest BCUT2D eigenvalue weighted by Gasteiger charge is 2.29. The molecule has 0 aliphatic rings. The molecule has 0 saturated carbocycles. The monoisotopic (exact) mass is 360 g/mol. The number of carboxylic acid groups (broad SMARTS) is 1. The van der Waals surface area contributed by atoms with E-state index in [-0.39, 0.29) is 6.54 Å². The zero-order chi connectivity index (χ0) is 18.5. The lowest BCUT2D eigenvalue weighted by molar-refractivity contribution is 0.177. The highest BCUT2D eigenvalue weighted by molar-refractivity contribution is 7.90. The lowest BCUT2D eigenvalue weighted by Crippen LogP contribution is -2.40. The minimum atomic E-state index is -1.32. The molecule has 0 aliphatic carbocycles. The molecule has 0 spiro atoms. The minimum Gasteiger partial charge on any atom is -0.598 e. The zero-order valence-corrected chi connectivity index (χ0v) is 15.4. The van der Waals surface area contributed by atoms with Crippen molar-refractivity contribution < 1.29 is 23.6 Å². The number of nitrogens with one attached hydrogen (secondary N) is 2. The van der Waals surface area contributed by atoms with E-state index >= 15 is 0 Å². The quantitative estimate of drug-likeness (QED) is 0.650. The molecule has 1 unspecified atom stereocenters. The van der Waals surface area contributed by atoms with Gasteiger partial charge in [0.2, 0.25) is 0 Å². The maximum atomic E-state index is 13.6.